The van der Waals surface area contributed by atoms with Gasteiger partial charge in [0.1, 0.15) is 11.6 Å². The average molecular weight is 283 g/mol. The maximum atomic E-state index is 13.9. The molecule has 0 bridgehead atoms. The van der Waals surface area contributed by atoms with Gasteiger partial charge in [-0.25, -0.2) is 4.39 Å². The molecule has 0 unspecified atom stereocenters. The molecular weight excluding hydrogens is 257 g/mol. The zero-order chi connectivity index (χ0) is 15.0. The molecule has 0 heterocycles. The Labute approximate surface area is 121 Å². The first-order chi connectivity index (χ1) is 9.48. The minimum atomic E-state index is -0.188. The highest BCUT2D eigenvalue weighted by molar-refractivity contribution is 5.29. The van der Waals surface area contributed by atoms with E-state index in [1.54, 1.807) is 14.2 Å². The minimum Gasteiger partial charge on any atom is -0.497 e. The number of ether oxygens (including phenoxy) is 2. The van der Waals surface area contributed by atoms with E-state index in [9.17, 15) is 4.39 Å². The van der Waals surface area contributed by atoms with Crippen LogP contribution in [0.15, 0.2) is 18.2 Å². The van der Waals surface area contributed by atoms with Crippen molar-refractivity contribution in [3.8, 4) is 5.75 Å². The highest BCUT2D eigenvalue weighted by atomic mass is 19.1. The number of aryl methyl sites for hydroxylation is 1. The third-order valence-corrected chi connectivity index (χ3v) is 3.42. The molecule has 0 amide bonds. The van der Waals surface area contributed by atoms with Crippen molar-refractivity contribution in [1.82, 2.24) is 5.32 Å². The van der Waals surface area contributed by atoms with E-state index < -0.39 is 0 Å². The molecule has 3 nitrogen and oxygen atoms in total. The Morgan fingerprint density at radius 3 is 2.60 bits per heavy atom. The van der Waals surface area contributed by atoms with Crippen LogP contribution in [0, 0.1) is 11.2 Å². The van der Waals surface area contributed by atoms with E-state index in [4.69, 9.17) is 9.47 Å². The summed E-state index contributed by atoms with van der Waals surface area (Å²) in [4.78, 5) is 0. The van der Waals surface area contributed by atoms with Crippen molar-refractivity contribution in [2.75, 3.05) is 33.9 Å². The van der Waals surface area contributed by atoms with E-state index in [2.05, 4.69) is 19.2 Å². The van der Waals surface area contributed by atoms with E-state index in [0.717, 1.165) is 31.5 Å². The average Bonchev–Trinajstić information content (AvgIpc) is 2.42. The molecule has 0 spiro atoms. The molecule has 0 aromatic heterocycles. The number of nitrogens with one attached hydrogen (secondary N) is 1. The fraction of sp³-hybridized carbons (Fsp3) is 0.625. The molecule has 0 saturated heterocycles. The normalized spacial score (nSPS) is 11.7. The van der Waals surface area contributed by atoms with Crippen LogP contribution in [0.4, 0.5) is 4.39 Å². The van der Waals surface area contributed by atoms with Gasteiger partial charge in [-0.05, 0) is 29.9 Å². The van der Waals surface area contributed by atoms with Gasteiger partial charge in [0, 0.05) is 26.3 Å². The molecule has 0 aliphatic carbocycles. The van der Waals surface area contributed by atoms with Crippen molar-refractivity contribution in [2.24, 2.45) is 5.41 Å². The van der Waals surface area contributed by atoms with Crippen LogP contribution in [0.5, 0.6) is 5.75 Å². The second kappa shape index (κ2) is 8.22. The number of methoxy groups -OCH3 is 2. The van der Waals surface area contributed by atoms with Crippen molar-refractivity contribution in [2.45, 2.75) is 26.7 Å². The number of hydrogen-bond acceptors (Lipinski definition) is 3. The van der Waals surface area contributed by atoms with Gasteiger partial charge in [0.2, 0.25) is 0 Å². The molecule has 0 atom stereocenters. The first kappa shape index (κ1) is 16.9. The van der Waals surface area contributed by atoms with Crippen molar-refractivity contribution in [1.29, 1.82) is 0 Å². The first-order valence-electron chi connectivity index (χ1n) is 7.00. The largest absolute Gasteiger partial charge is 0.497 e. The maximum absolute atomic E-state index is 13.9. The van der Waals surface area contributed by atoms with Gasteiger partial charge in [0.05, 0.1) is 13.7 Å². The second-order valence-corrected chi connectivity index (χ2v) is 5.79. The Balaban J connectivity index is 2.44. The molecule has 0 aliphatic heterocycles. The third-order valence-electron chi connectivity index (χ3n) is 3.42. The first-order valence-corrected chi connectivity index (χ1v) is 7.00. The SMILES string of the molecule is COCCNCC(C)(C)CCc1ccc(OC)cc1F. The summed E-state index contributed by atoms with van der Waals surface area (Å²) in [6.45, 7) is 6.83. The topological polar surface area (TPSA) is 30.5 Å². The highest BCUT2D eigenvalue weighted by Gasteiger charge is 2.18. The van der Waals surface area contributed by atoms with Gasteiger partial charge in [-0.1, -0.05) is 19.9 Å². The molecule has 1 N–H and O–H groups in total. The minimum absolute atomic E-state index is 0.125. The predicted octanol–water partition coefficient (Wildman–Crippen LogP) is 3.03. The Hall–Kier alpha value is -1.13. The summed E-state index contributed by atoms with van der Waals surface area (Å²) in [6, 6.07) is 5.06. The lowest BCUT2D eigenvalue weighted by Gasteiger charge is -2.25. The van der Waals surface area contributed by atoms with E-state index in [-0.39, 0.29) is 11.2 Å². The van der Waals surface area contributed by atoms with Crippen molar-refractivity contribution < 1.29 is 13.9 Å². The smallest absolute Gasteiger partial charge is 0.130 e. The molecule has 1 aromatic rings. The van der Waals surface area contributed by atoms with Gasteiger partial charge in [-0.15, -0.1) is 0 Å². The van der Waals surface area contributed by atoms with Crippen LogP contribution in [-0.4, -0.2) is 33.9 Å². The Kier molecular flexibility index (Phi) is 6.96. The van der Waals surface area contributed by atoms with Crippen molar-refractivity contribution >= 4 is 0 Å². The lowest BCUT2D eigenvalue weighted by Crippen LogP contribution is -2.32. The highest BCUT2D eigenvalue weighted by Crippen LogP contribution is 2.24. The molecule has 4 heteroatoms. The molecule has 1 rings (SSSR count). The van der Waals surface area contributed by atoms with E-state index >= 15 is 0 Å². The van der Waals surface area contributed by atoms with Gasteiger partial charge in [-0.3, -0.25) is 0 Å². The summed E-state index contributed by atoms with van der Waals surface area (Å²) in [5, 5.41) is 3.36. The van der Waals surface area contributed by atoms with Gasteiger partial charge < -0.3 is 14.8 Å². The molecule has 0 fully saturated rings. The lowest BCUT2D eigenvalue weighted by molar-refractivity contribution is 0.193. The Morgan fingerprint density at radius 2 is 2.00 bits per heavy atom. The van der Waals surface area contributed by atoms with Crippen LogP contribution < -0.4 is 10.1 Å². The number of rotatable bonds is 9. The number of benzene rings is 1. The molecule has 20 heavy (non-hydrogen) atoms. The standard InChI is InChI=1S/C16H26FNO2/c1-16(2,12-18-9-10-19-3)8-7-13-5-6-14(20-4)11-15(13)17/h5-6,11,18H,7-10,12H2,1-4H3. The molecule has 114 valence electrons. The van der Waals surface area contributed by atoms with Crippen LogP contribution in [0.25, 0.3) is 0 Å². The van der Waals surface area contributed by atoms with E-state index in [1.807, 2.05) is 12.1 Å². The molecule has 0 radical (unpaired) electrons. The lowest BCUT2D eigenvalue weighted by atomic mass is 9.86. The summed E-state index contributed by atoms with van der Waals surface area (Å²) in [5.41, 5.74) is 0.871. The molecule has 0 saturated carbocycles. The van der Waals surface area contributed by atoms with Gasteiger partial charge >= 0.3 is 0 Å². The number of hydrogen-bond donors (Lipinski definition) is 1. The molecule has 0 aliphatic rings. The van der Waals surface area contributed by atoms with Gasteiger partial charge in [0.25, 0.3) is 0 Å². The fourth-order valence-corrected chi connectivity index (χ4v) is 2.02. The summed E-state index contributed by atoms with van der Waals surface area (Å²) >= 11 is 0. The van der Waals surface area contributed by atoms with Crippen LogP contribution in [0.3, 0.4) is 0 Å². The monoisotopic (exact) mass is 283 g/mol. The predicted molar refractivity (Wildman–Crippen MR) is 79.8 cm³/mol. The third kappa shape index (κ3) is 5.88. The van der Waals surface area contributed by atoms with Crippen molar-refractivity contribution in [3.63, 3.8) is 0 Å². The van der Waals surface area contributed by atoms with Gasteiger partial charge in [0.15, 0.2) is 0 Å². The zero-order valence-electron chi connectivity index (χ0n) is 13.0. The van der Waals surface area contributed by atoms with Gasteiger partial charge in [-0.2, -0.15) is 0 Å². The van der Waals surface area contributed by atoms with Crippen LogP contribution in [0.2, 0.25) is 0 Å². The van der Waals surface area contributed by atoms with Crippen LogP contribution in [0.1, 0.15) is 25.8 Å². The van der Waals surface area contributed by atoms with E-state index in [0.29, 0.717) is 12.4 Å². The van der Waals surface area contributed by atoms with Crippen molar-refractivity contribution in [3.05, 3.63) is 29.6 Å². The fourth-order valence-electron chi connectivity index (χ4n) is 2.02. The second-order valence-electron chi connectivity index (χ2n) is 5.79. The molecule has 1 aromatic carbocycles. The zero-order valence-corrected chi connectivity index (χ0v) is 13.0. The Bertz CT molecular complexity index is 407. The van der Waals surface area contributed by atoms with Crippen LogP contribution >= 0.6 is 0 Å². The Morgan fingerprint density at radius 1 is 1.25 bits per heavy atom. The van der Waals surface area contributed by atoms with E-state index in [1.165, 1.54) is 6.07 Å². The maximum Gasteiger partial charge on any atom is 0.130 e. The molecular formula is C16H26FNO2. The summed E-state index contributed by atoms with van der Waals surface area (Å²) in [5.74, 6) is 0.374. The summed E-state index contributed by atoms with van der Waals surface area (Å²) in [6.07, 6.45) is 1.66. The quantitative estimate of drug-likeness (QED) is 0.707. The summed E-state index contributed by atoms with van der Waals surface area (Å²) in [7, 11) is 3.24. The number of halogens is 1. The summed E-state index contributed by atoms with van der Waals surface area (Å²) < 4.78 is 23.9. The van der Waals surface area contributed by atoms with Crippen LogP contribution in [-0.2, 0) is 11.2 Å².